The Morgan fingerprint density at radius 3 is 2.36 bits per heavy atom. The van der Waals surface area contributed by atoms with E-state index >= 15 is 0 Å². The summed E-state index contributed by atoms with van der Waals surface area (Å²) in [5.74, 6) is -0.780. The standard InChI is InChI=1S/C28H33N5O5S/c1-37-20-14-13-18(15-21(20)38-2)24(27(35)31-19-11-7-4-8-12-19)33(16-17-9-5-3-6-10-17)28(36)25-22(29)23(26(30)34)32-39-25/h3,5-6,9-10,13-15,19,24H,4,7-8,11-12,16,29H2,1-2H3,(H2,30,34)(H,31,35)/t24-/m0/s1. The van der Waals surface area contributed by atoms with Gasteiger partial charge in [-0.1, -0.05) is 55.7 Å². The number of nitrogen functional groups attached to an aromatic ring is 1. The lowest BCUT2D eigenvalue weighted by Gasteiger charge is -2.33. The molecule has 1 fully saturated rings. The van der Waals surface area contributed by atoms with E-state index in [1.807, 2.05) is 30.3 Å². The minimum Gasteiger partial charge on any atom is -0.493 e. The zero-order valence-electron chi connectivity index (χ0n) is 22.0. The number of nitrogens with one attached hydrogen (secondary N) is 1. The monoisotopic (exact) mass is 551 g/mol. The van der Waals surface area contributed by atoms with Crippen LogP contribution < -0.4 is 26.3 Å². The molecular formula is C28H33N5O5S. The molecule has 10 nitrogen and oxygen atoms in total. The van der Waals surface area contributed by atoms with Crippen LogP contribution in [0.1, 0.15) is 69.4 Å². The summed E-state index contributed by atoms with van der Waals surface area (Å²) < 4.78 is 14.9. The Labute approximate surface area is 231 Å². The molecule has 1 atom stereocenters. The molecular weight excluding hydrogens is 518 g/mol. The van der Waals surface area contributed by atoms with Gasteiger partial charge in [-0.2, -0.15) is 4.37 Å². The first-order valence-corrected chi connectivity index (χ1v) is 13.5. The highest BCUT2D eigenvalue weighted by Crippen LogP contribution is 2.35. The molecule has 3 aromatic rings. The van der Waals surface area contributed by atoms with Crippen molar-refractivity contribution in [1.82, 2.24) is 14.6 Å². The zero-order valence-corrected chi connectivity index (χ0v) is 22.8. The molecule has 1 heterocycles. The molecule has 1 aliphatic carbocycles. The van der Waals surface area contributed by atoms with Gasteiger partial charge in [0.2, 0.25) is 5.91 Å². The van der Waals surface area contributed by atoms with E-state index in [4.69, 9.17) is 20.9 Å². The lowest BCUT2D eigenvalue weighted by Crippen LogP contribution is -2.46. The first-order valence-electron chi connectivity index (χ1n) is 12.8. The number of aromatic nitrogens is 1. The van der Waals surface area contributed by atoms with Gasteiger partial charge in [0.25, 0.3) is 11.8 Å². The number of rotatable bonds is 10. The van der Waals surface area contributed by atoms with Gasteiger partial charge in [-0.25, -0.2) is 0 Å². The highest BCUT2D eigenvalue weighted by Gasteiger charge is 2.36. The summed E-state index contributed by atoms with van der Waals surface area (Å²) in [5, 5.41) is 3.17. The van der Waals surface area contributed by atoms with E-state index in [2.05, 4.69) is 9.69 Å². The molecule has 206 valence electrons. The maximum atomic E-state index is 14.1. The highest BCUT2D eigenvalue weighted by molar-refractivity contribution is 7.09. The first-order chi connectivity index (χ1) is 18.8. The van der Waals surface area contributed by atoms with Gasteiger partial charge in [0.15, 0.2) is 17.2 Å². The van der Waals surface area contributed by atoms with Crippen LogP contribution in [0.5, 0.6) is 11.5 Å². The number of hydrogen-bond donors (Lipinski definition) is 3. The average Bonchev–Trinajstić information content (AvgIpc) is 3.34. The van der Waals surface area contributed by atoms with E-state index < -0.39 is 17.9 Å². The van der Waals surface area contributed by atoms with Crippen molar-refractivity contribution in [3.05, 3.63) is 70.2 Å². The van der Waals surface area contributed by atoms with Crippen molar-refractivity contribution in [3.8, 4) is 11.5 Å². The van der Waals surface area contributed by atoms with E-state index in [1.54, 1.807) is 18.2 Å². The highest BCUT2D eigenvalue weighted by atomic mass is 32.1. The molecule has 0 unspecified atom stereocenters. The number of methoxy groups -OCH3 is 2. The Kier molecular flexibility index (Phi) is 9.03. The maximum absolute atomic E-state index is 14.1. The molecule has 0 spiro atoms. The fourth-order valence-corrected chi connectivity index (χ4v) is 5.60. The van der Waals surface area contributed by atoms with Crippen molar-refractivity contribution in [1.29, 1.82) is 0 Å². The normalized spacial score (nSPS) is 14.3. The number of nitrogens with two attached hydrogens (primary N) is 2. The van der Waals surface area contributed by atoms with Crippen molar-refractivity contribution < 1.29 is 23.9 Å². The molecule has 2 aromatic carbocycles. The molecule has 1 saturated carbocycles. The van der Waals surface area contributed by atoms with Crippen LogP contribution in [-0.2, 0) is 11.3 Å². The molecule has 3 amide bonds. The van der Waals surface area contributed by atoms with Crippen molar-refractivity contribution in [3.63, 3.8) is 0 Å². The van der Waals surface area contributed by atoms with E-state index in [0.29, 0.717) is 17.1 Å². The summed E-state index contributed by atoms with van der Waals surface area (Å²) in [6.07, 6.45) is 4.95. The third-order valence-electron chi connectivity index (χ3n) is 6.85. The summed E-state index contributed by atoms with van der Waals surface area (Å²) >= 11 is 0.782. The number of ether oxygens (including phenoxy) is 2. The van der Waals surface area contributed by atoms with Crippen LogP contribution in [0.3, 0.4) is 0 Å². The second kappa shape index (κ2) is 12.6. The number of carbonyl (C=O) groups is 3. The predicted octanol–water partition coefficient (Wildman–Crippen LogP) is 3.67. The summed E-state index contributed by atoms with van der Waals surface area (Å²) in [5.41, 5.74) is 12.6. The molecule has 1 aromatic heterocycles. The minimum absolute atomic E-state index is 0.0116. The number of carbonyl (C=O) groups excluding carboxylic acids is 3. The number of anilines is 1. The van der Waals surface area contributed by atoms with Crippen LogP contribution >= 0.6 is 11.5 Å². The van der Waals surface area contributed by atoms with Crippen LogP contribution in [-0.4, -0.2) is 47.3 Å². The third kappa shape index (κ3) is 6.31. The maximum Gasteiger partial charge on any atom is 0.270 e. The molecule has 39 heavy (non-hydrogen) atoms. The fourth-order valence-electron chi connectivity index (χ4n) is 4.84. The number of hydrogen-bond acceptors (Lipinski definition) is 8. The van der Waals surface area contributed by atoms with Crippen LogP contribution in [0.4, 0.5) is 5.69 Å². The number of amides is 3. The molecule has 0 saturated heterocycles. The second-order valence-corrected chi connectivity index (χ2v) is 10.2. The van der Waals surface area contributed by atoms with Gasteiger partial charge in [-0.15, -0.1) is 0 Å². The molecule has 4 rings (SSSR count). The Morgan fingerprint density at radius 1 is 1.05 bits per heavy atom. The van der Waals surface area contributed by atoms with Crippen molar-refractivity contribution in [2.75, 3.05) is 20.0 Å². The SMILES string of the molecule is COc1ccc([C@@H](C(=O)NC2CCCCC2)N(Cc2ccccc2)C(=O)c2snc(C(N)=O)c2N)cc1OC. The molecule has 5 N–H and O–H groups in total. The van der Waals surface area contributed by atoms with Gasteiger partial charge in [0, 0.05) is 12.6 Å². The van der Waals surface area contributed by atoms with Gasteiger partial charge in [0.1, 0.15) is 10.9 Å². The zero-order chi connectivity index (χ0) is 27.9. The largest absolute Gasteiger partial charge is 0.493 e. The lowest BCUT2D eigenvalue weighted by atomic mass is 9.94. The van der Waals surface area contributed by atoms with Gasteiger partial charge < -0.3 is 31.2 Å². The van der Waals surface area contributed by atoms with Crippen LogP contribution in [0.2, 0.25) is 0 Å². The average molecular weight is 552 g/mol. The third-order valence-corrected chi connectivity index (χ3v) is 7.70. The molecule has 11 heteroatoms. The molecule has 1 aliphatic rings. The smallest absolute Gasteiger partial charge is 0.270 e. The lowest BCUT2D eigenvalue weighted by molar-refractivity contribution is -0.127. The van der Waals surface area contributed by atoms with E-state index in [-0.39, 0.29) is 34.8 Å². The van der Waals surface area contributed by atoms with Gasteiger partial charge in [-0.3, -0.25) is 14.4 Å². The van der Waals surface area contributed by atoms with Gasteiger partial charge >= 0.3 is 0 Å². The predicted molar refractivity (Wildman–Crippen MR) is 149 cm³/mol. The van der Waals surface area contributed by atoms with Crippen LogP contribution in [0.15, 0.2) is 48.5 Å². The summed E-state index contributed by atoms with van der Waals surface area (Å²) in [7, 11) is 3.04. The van der Waals surface area contributed by atoms with Gasteiger partial charge in [-0.05, 0) is 47.6 Å². The quantitative estimate of drug-likeness (QED) is 0.348. The topological polar surface area (TPSA) is 150 Å². The minimum atomic E-state index is -1.04. The van der Waals surface area contributed by atoms with Crippen molar-refractivity contribution >= 4 is 34.9 Å². The Hall–Kier alpha value is -4.12. The molecule has 0 aliphatic heterocycles. The van der Waals surface area contributed by atoms with Crippen LogP contribution in [0, 0.1) is 0 Å². The van der Waals surface area contributed by atoms with E-state index in [0.717, 1.165) is 49.2 Å². The molecule has 0 radical (unpaired) electrons. The fraction of sp³-hybridized carbons (Fsp3) is 0.357. The summed E-state index contributed by atoms with van der Waals surface area (Å²) in [6.45, 7) is 0.0972. The Bertz CT molecular complexity index is 1320. The number of benzene rings is 2. The van der Waals surface area contributed by atoms with Crippen molar-refractivity contribution in [2.45, 2.75) is 50.7 Å². The summed E-state index contributed by atoms with van der Waals surface area (Å²) in [6, 6.07) is 13.4. The van der Waals surface area contributed by atoms with E-state index in [1.165, 1.54) is 19.1 Å². The number of primary amides is 1. The van der Waals surface area contributed by atoms with E-state index in [9.17, 15) is 14.4 Å². The van der Waals surface area contributed by atoms with Gasteiger partial charge in [0.05, 0.1) is 19.9 Å². The number of nitrogens with zero attached hydrogens (tertiary/aromatic N) is 2. The first kappa shape index (κ1) is 27.9. The van der Waals surface area contributed by atoms with Crippen LogP contribution in [0.25, 0.3) is 0 Å². The Balaban J connectivity index is 1.82. The molecule has 0 bridgehead atoms. The Morgan fingerprint density at radius 2 is 1.74 bits per heavy atom. The van der Waals surface area contributed by atoms with Crippen molar-refractivity contribution in [2.24, 2.45) is 5.73 Å². The second-order valence-electron chi connectivity index (χ2n) is 9.42. The summed E-state index contributed by atoms with van der Waals surface area (Å²) in [4.78, 5) is 41.5.